The molecule has 1 saturated heterocycles. The highest BCUT2D eigenvalue weighted by atomic mass is 16.5. The number of esters is 1. The fourth-order valence-electron chi connectivity index (χ4n) is 2.53. The van der Waals surface area contributed by atoms with Crippen LogP contribution in [0.1, 0.15) is 26.2 Å². The summed E-state index contributed by atoms with van der Waals surface area (Å²) < 4.78 is 4.73. The van der Waals surface area contributed by atoms with E-state index in [1.54, 1.807) is 6.92 Å². The van der Waals surface area contributed by atoms with Crippen molar-refractivity contribution in [3.63, 3.8) is 0 Å². The largest absolute Gasteiger partial charge is 0.468 e. The summed E-state index contributed by atoms with van der Waals surface area (Å²) in [5, 5.41) is 0. The fraction of sp³-hybridized carbons (Fsp3) is 0.923. The van der Waals surface area contributed by atoms with Gasteiger partial charge in [0.2, 0.25) is 0 Å². The predicted octanol–water partition coefficient (Wildman–Crippen LogP) is 0.293. The molecule has 1 fully saturated rings. The van der Waals surface area contributed by atoms with E-state index in [4.69, 9.17) is 10.5 Å². The maximum atomic E-state index is 11.5. The molecule has 0 radical (unpaired) electrons. The summed E-state index contributed by atoms with van der Waals surface area (Å²) in [5.41, 5.74) is 5.11. The Morgan fingerprint density at radius 1 is 1.56 bits per heavy atom. The second kappa shape index (κ2) is 6.50. The highest BCUT2D eigenvalue weighted by Crippen LogP contribution is 2.20. The Hall–Kier alpha value is -0.650. The van der Waals surface area contributed by atoms with E-state index >= 15 is 0 Å². The van der Waals surface area contributed by atoms with Gasteiger partial charge in [0.25, 0.3) is 0 Å². The molecule has 1 heterocycles. The number of carbonyl (C=O) groups excluding carboxylic acids is 1. The first-order valence-corrected chi connectivity index (χ1v) is 6.63. The SMILES string of the molecule is COC(=O)C(C)(N)CCN1CCCC1CN(C)C. The molecule has 0 aromatic carbocycles. The number of rotatable bonds is 6. The fourth-order valence-corrected chi connectivity index (χ4v) is 2.53. The second-order valence-electron chi connectivity index (χ2n) is 5.75. The molecule has 2 atom stereocenters. The van der Waals surface area contributed by atoms with Crippen molar-refractivity contribution in [3.05, 3.63) is 0 Å². The zero-order chi connectivity index (χ0) is 13.8. The first kappa shape index (κ1) is 15.4. The maximum Gasteiger partial charge on any atom is 0.325 e. The summed E-state index contributed by atoms with van der Waals surface area (Å²) in [5.74, 6) is -0.328. The third-order valence-electron chi connectivity index (χ3n) is 3.65. The molecule has 0 aliphatic carbocycles. The third-order valence-corrected chi connectivity index (χ3v) is 3.65. The van der Waals surface area contributed by atoms with E-state index in [-0.39, 0.29) is 5.97 Å². The molecule has 1 aliphatic heterocycles. The van der Waals surface area contributed by atoms with E-state index in [1.807, 2.05) is 0 Å². The highest BCUT2D eigenvalue weighted by molar-refractivity contribution is 5.79. The lowest BCUT2D eigenvalue weighted by Gasteiger charge is -2.30. The lowest BCUT2D eigenvalue weighted by Crippen LogP contribution is -2.49. The Kier molecular flexibility index (Phi) is 5.56. The number of likely N-dealkylation sites (N-methyl/N-ethyl adjacent to an activating group) is 1. The molecule has 0 aromatic rings. The Labute approximate surface area is 110 Å². The van der Waals surface area contributed by atoms with Crippen LogP contribution in [0.4, 0.5) is 0 Å². The summed E-state index contributed by atoms with van der Waals surface area (Å²) in [4.78, 5) is 16.2. The molecule has 1 aliphatic rings. The van der Waals surface area contributed by atoms with Crippen molar-refractivity contribution in [1.29, 1.82) is 0 Å². The van der Waals surface area contributed by atoms with Crippen molar-refractivity contribution in [2.75, 3.05) is 40.8 Å². The number of hydrogen-bond acceptors (Lipinski definition) is 5. The van der Waals surface area contributed by atoms with Gasteiger partial charge in [-0.05, 0) is 46.8 Å². The number of hydrogen-bond donors (Lipinski definition) is 1. The molecule has 0 saturated carbocycles. The molecule has 0 spiro atoms. The summed E-state index contributed by atoms with van der Waals surface area (Å²) in [6.07, 6.45) is 3.11. The van der Waals surface area contributed by atoms with Crippen molar-refractivity contribution < 1.29 is 9.53 Å². The number of methoxy groups -OCH3 is 1. The zero-order valence-electron chi connectivity index (χ0n) is 12.1. The molecule has 5 nitrogen and oxygen atoms in total. The van der Waals surface area contributed by atoms with Crippen LogP contribution in [-0.4, -0.2) is 68.2 Å². The second-order valence-corrected chi connectivity index (χ2v) is 5.75. The van der Waals surface area contributed by atoms with Crippen LogP contribution in [0.3, 0.4) is 0 Å². The van der Waals surface area contributed by atoms with Crippen molar-refractivity contribution in [2.24, 2.45) is 5.73 Å². The molecule has 1 rings (SSSR count). The van der Waals surface area contributed by atoms with Crippen LogP contribution in [0, 0.1) is 0 Å². The smallest absolute Gasteiger partial charge is 0.325 e. The van der Waals surface area contributed by atoms with E-state index < -0.39 is 5.54 Å². The van der Waals surface area contributed by atoms with E-state index in [9.17, 15) is 4.79 Å². The summed E-state index contributed by atoms with van der Waals surface area (Å²) >= 11 is 0. The molecule has 5 heteroatoms. The Morgan fingerprint density at radius 3 is 2.78 bits per heavy atom. The predicted molar refractivity (Wildman–Crippen MR) is 72.4 cm³/mol. The van der Waals surface area contributed by atoms with Gasteiger partial charge < -0.3 is 15.4 Å². The van der Waals surface area contributed by atoms with Crippen LogP contribution in [0.25, 0.3) is 0 Å². The van der Waals surface area contributed by atoms with E-state index in [1.165, 1.54) is 20.0 Å². The molecule has 0 bridgehead atoms. The molecular weight excluding hydrogens is 230 g/mol. The zero-order valence-corrected chi connectivity index (χ0v) is 12.1. The number of ether oxygens (including phenoxy) is 1. The summed E-state index contributed by atoms with van der Waals surface area (Å²) in [6.45, 7) is 4.78. The number of carbonyl (C=O) groups is 1. The molecule has 0 aromatic heterocycles. The van der Waals surface area contributed by atoms with Gasteiger partial charge in [0.15, 0.2) is 0 Å². The van der Waals surface area contributed by atoms with Crippen molar-refractivity contribution in [3.8, 4) is 0 Å². The monoisotopic (exact) mass is 257 g/mol. The quantitative estimate of drug-likeness (QED) is 0.693. The lowest BCUT2D eigenvalue weighted by molar-refractivity contribution is -0.146. The highest BCUT2D eigenvalue weighted by Gasteiger charge is 2.32. The van der Waals surface area contributed by atoms with Gasteiger partial charge in [-0.15, -0.1) is 0 Å². The van der Waals surface area contributed by atoms with Crippen LogP contribution >= 0.6 is 0 Å². The topological polar surface area (TPSA) is 58.8 Å². The molecule has 18 heavy (non-hydrogen) atoms. The van der Waals surface area contributed by atoms with E-state index in [0.717, 1.165) is 19.6 Å². The normalized spacial score (nSPS) is 24.2. The molecule has 2 N–H and O–H groups in total. The van der Waals surface area contributed by atoms with Crippen LogP contribution in [-0.2, 0) is 9.53 Å². The summed E-state index contributed by atoms with van der Waals surface area (Å²) in [7, 11) is 5.58. The minimum absolute atomic E-state index is 0.328. The summed E-state index contributed by atoms with van der Waals surface area (Å²) in [6, 6.07) is 0.591. The number of nitrogens with two attached hydrogens (primary N) is 1. The van der Waals surface area contributed by atoms with Gasteiger partial charge in [-0.3, -0.25) is 9.69 Å². The minimum atomic E-state index is -0.875. The molecule has 2 unspecified atom stereocenters. The van der Waals surface area contributed by atoms with Crippen LogP contribution in [0.15, 0.2) is 0 Å². The standard InChI is InChI=1S/C13H27N3O2/c1-13(14,12(17)18-4)7-9-16-8-5-6-11(16)10-15(2)3/h11H,5-10,14H2,1-4H3. The molecule has 106 valence electrons. The van der Waals surface area contributed by atoms with Crippen molar-refractivity contribution in [1.82, 2.24) is 9.80 Å². The van der Waals surface area contributed by atoms with Gasteiger partial charge in [-0.25, -0.2) is 0 Å². The van der Waals surface area contributed by atoms with Gasteiger partial charge in [0, 0.05) is 19.1 Å². The average Bonchev–Trinajstić information content (AvgIpc) is 2.72. The average molecular weight is 257 g/mol. The van der Waals surface area contributed by atoms with E-state index in [2.05, 4.69) is 23.9 Å². The Morgan fingerprint density at radius 2 is 2.22 bits per heavy atom. The van der Waals surface area contributed by atoms with Crippen molar-refractivity contribution in [2.45, 2.75) is 37.8 Å². The van der Waals surface area contributed by atoms with Gasteiger partial charge in [-0.1, -0.05) is 0 Å². The molecular formula is C13H27N3O2. The lowest BCUT2D eigenvalue weighted by atomic mass is 9.99. The first-order valence-electron chi connectivity index (χ1n) is 6.63. The Balaban J connectivity index is 2.44. The van der Waals surface area contributed by atoms with E-state index in [0.29, 0.717) is 12.5 Å². The van der Waals surface area contributed by atoms with Crippen LogP contribution in [0.2, 0.25) is 0 Å². The number of nitrogens with zero attached hydrogens (tertiary/aromatic N) is 2. The molecule has 0 amide bonds. The minimum Gasteiger partial charge on any atom is -0.468 e. The third kappa shape index (κ3) is 4.23. The van der Waals surface area contributed by atoms with Gasteiger partial charge in [-0.2, -0.15) is 0 Å². The first-order chi connectivity index (χ1) is 8.36. The van der Waals surface area contributed by atoms with Gasteiger partial charge in [0.1, 0.15) is 5.54 Å². The Bertz CT molecular complexity index is 279. The van der Waals surface area contributed by atoms with Crippen LogP contribution in [0.5, 0.6) is 0 Å². The maximum absolute atomic E-state index is 11.5. The number of likely N-dealkylation sites (tertiary alicyclic amines) is 1. The van der Waals surface area contributed by atoms with Crippen molar-refractivity contribution >= 4 is 5.97 Å². The van der Waals surface area contributed by atoms with Gasteiger partial charge in [0.05, 0.1) is 7.11 Å². The van der Waals surface area contributed by atoms with Crippen LogP contribution < -0.4 is 5.73 Å². The van der Waals surface area contributed by atoms with Gasteiger partial charge >= 0.3 is 5.97 Å².